The van der Waals surface area contributed by atoms with E-state index in [1.165, 1.54) is 0 Å². The van der Waals surface area contributed by atoms with E-state index in [-0.39, 0.29) is 5.95 Å². The van der Waals surface area contributed by atoms with Gasteiger partial charge in [0.1, 0.15) is 22.9 Å². The molecule has 6 nitrogen and oxygen atoms in total. The van der Waals surface area contributed by atoms with Crippen molar-refractivity contribution in [3.05, 3.63) is 48.5 Å². The van der Waals surface area contributed by atoms with Crippen LogP contribution in [0.5, 0.6) is 11.5 Å². The molecule has 1 heterocycles. The molecule has 1 aromatic heterocycles. The number of hydrogen-bond acceptors (Lipinski definition) is 6. The highest BCUT2D eigenvalue weighted by molar-refractivity contribution is 5.79. The van der Waals surface area contributed by atoms with Crippen LogP contribution in [0, 0.1) is 0 Å². The number of nitrogens with zero attached hydrogens (tertiary/aromatic N) is 3. The Balaban J connectivity index is 2.21. The first-order valence-electron chi connectivity index (χ1n) is 7.00. The fraction of sp³-hybridized carbons (Fsp3) is 0.118. The lowest BCUT2D eigenvalue weighted by atomic mass is 10.0. The molecule has 0 atom stereocenters. The predicted molar refractivity (Wildman–Crippen MR) is 88.2 cm³/mol. The average Bonchev–Trinajstić information content (AvgIpc) is 2.61. The minimum atomic E-state index is 0.127. The molecule has 116 valence electrons. The Labute approximate surface area is 133 Å². The van der Waals surface area contributed by atoms with Gasteiger partial charge in [0.15, 0.2) is 0 Å². The molecule has 0 aliphatic carbocycles. The van der Waals surface area contributed by atoms with Crippen molar-refractivity contribution >= 4 is 5.95 Å². The monoisotopic (exact) mass is 308 g/mol. The molecule has 0 spiro atoms. The zero-order valence-corrected chi connectivity index (χ0v) is 12.9. The number of nitrogen functional groups attached to an aromatic ring is 1. The van der Waals surface area contributed by atoms with Crippen molar-refractivity contribution in [3.8, 4) is 34.0 Å². The predicted octanol–water partition coefficient (Wildman–Crippen LogP) is 2.81. The van der Waals surface area contributed by atoms with Crippen LogP contribution in [0.1, 0.15) is 0 Å². The van der Waals surface area contributed by atoms with Gasteiger partial charge >= 0.3 is 0 Å². The first-order chi connectivity index (χ1) is 11.2. The highest BCUT2D eigenvalue weighted by Gasteiger charge is 2.14. The lowest BCUT2D eigenvalue weighted by molar-refractivity contribution is 0.394. The maximum atomic E-state index is 5.72. The average molecular weight is 308 g/mol. The zero-order chi connectivity index (χ0) is 16.2. The Bertz CT molecular complexity index is 800. The summed E-state index contributed by atoms with van der Waals surface area (Å²) in [5.74, 6) is 1.46. The van der Waals surface area contributed by atoms with Crippen molar-refractivity contribution in [1.82, 2.24) is 15.2 Å². The quantitative estimate of drug-likeness (QED) is 0.798. The van der Waals surface area contributed by atoms with Gasteiger partial charge in [-0.25, -0.2) is 4.98 Å². The molecular weight excluding hydrogens is 292 g/mol. The molecule has 0 bridgehead atoms. The summed E-state index contributed by atoms with van der Waals surface area (Å²) >= 11 is 0. The molecule has 6 heteroatoms. The largest absolute Gasteiger partial charge is 0.497 e. The van der Waals surface area contributed by atoms with E-state index >= 15 is 0 Å². The third-order valence-corrected chi connectivity index (χ3v) is 3.38. The first kappa shape index (κ1) is 14.8. The van der Waals surface area contributed by atoms with Gasteiger partial charge < -0.3 is 15.2 Å². The number of nitrogens with two attached hydrogens (primary N) is 1. The van der Waals surface area contributed by atoms with E-state index in [9.17, 15) is 0 Å². The minimum Gasteiger partial charge on any atom is -0.497 e. The maximum absolute atomic E-state index is 5.72. The number of aromatic nitrogens is 3. The van der Waals surface area contributed by atoms with Crippen LogP contribution in [0.2, 0.25) is 0 Å². The summed E-state index contributed by atoms with van der Waals surface area (Å²) in [4.78, 5) is 4.35. The molecule has 23 heavy (non-hydrogen) atoms. The lowest BCUT2D eigenvalue weighted by Crippen LogP contribution is -2.02. The van der Waals surface area contributed by atoms with Gasteiger partial charge in [0, 0.05) is 17.2 Å². The van der Waals surface area contributed by atoms with E-state index in [0.717, 1.165) is 11.1 Å². The van der Waals surface area contributed by atoms with Crippen LogP contribution in [-0.2, 0) is 0 Å². The van der Waals surface area contributed by atoms with Crippen molar-refractivity contribution in [3.63, 3.8) is 0 Å². The van der Waals surface area contributed by atoms with Crippen LogP contribution < -0.4 is 15.2 Å². The van der Waals surface area contributed by atoms with Gasteiger partial charge in [-0.15, -0.1) is 10.2 Å². The molecule has 0 aliphatic heterocycles. The van der Waals surface area contributed by atoms with Gasteiger partial charge in [-0.3, -0.25) is 0 Å². The summed E-state index contributed by atoms with van der Waals surface area (Å²) in [5.41, 5.74) is 8.69. The molecule has 0 saturated carbocycles. The molecule has 3 aromatic rings. The summed E-state index contributed by atoms with van der Waals surface area (Å²) in [5, 5.41) is 8.11. The molecule has 2 N–H and O–H groups in total. The SMILES string of the molecule is COc1cc(OC)cc(-c2nnc(N)nc2-c2ccccc2)c1. The summed E-state index contributed by atoms with van der Waals surface area (Å²) < 4.78 is 10.6. The van der Waals surface area contributed by atoms with E-state index in [1.54, 1.807) is 20.3 Å². The third-order valence-electron chi connectivity index (χ3n) is 3.38. The number of benzene rings is 2. The molecule has 0 fully saturated rings. The van der Waals surface area contributed by atoms with E-state index in [0.29, 0.717) is 22.9 Å². The van der Waals surface area contributed by atoms with Crippen molar-refractivity contribution in [1.29, 1.82) is 0 Å². The normalized spacial score (nSPS) is 10.3. The Kier molecular flexibility index (Phi) is 4.05. The molecule has 2 aromatic carbocycles. The van der Waals surface area contributed by atoms with Gasteiger partial charge in [0.2, 0.25) is 5.95 Å². The van der Waals surface area contributed by atoms with E-state index in [2.05, 4.69) is 15.2 Å². The van der Waals surface area contributed by atoms with Crippen LogP contribution in [-0.4, -0.2) is 29.4 Å². The lowest BCUT2D eigenvalue weighted by Gasteiger charge is -2.11. The second-order valence-corrected chi connectivity index (χ2v) is 4.83. The fourth-order valence-corrected chi connectivity index (χ4v) is 2.27. The summed E-state index contributed by atoms with van der Waals surface area (Å²) in [6, 6.07) is 15.2. The van der Waals surface area contributed by atoms with E-state index in [4.69, 9.17) is 15.2 Å². The van der Waals surface area contributed by atoms with Crippen LogP contribution in [0.15, 0.2) is 48.5 Å². The Morgan fingerprint density at radius 3 is 2.04 bits per heavy atom. The molecule has 3 rings (SSSR count). The number of methoxy groups -OCH3 is 2. The zero-order valence-electron chi connectivity index (χ0n) is 12.9. The van der Waals surface area contributed by atoms with Crippen LogP contribution >= 0.6 is 0 Å². The number of rotatable bonds is 4. The number of ether oxygens (including phenoxy) is 2. The Morgan fingerprint density at radius 1 is 0.783 bits per heavy atom. The topological polar surface area (TPSA) is 83.2 Å². The first-order valence-corrected chi connectivity index (χ1v) is 7.00. The Hall–Kier alpha value is -3.15. The number of hydrogen-bond donors (Lipinski definition) is 1. The van der Waals surface area contributed by atoms with Crippen molar-refractivity contribution < 1.29 is 9.47 Å². The minimum absolute atomic E-state index is 0.127. The highest BCUT2D eigenvalue weighted by Crippen LogP contribution is 2.33. The van der Waals surface area contributed by atoms with Gasteiger partial charge in [-0.05, 0) is 12.1 Å². The second-order valence-electron chi connectivity index (χ2n) is 4.83. The maximum Gasteiger partial charge on any atom is 0.240 e. The van der Waals surface area contributed by atoms with Crippen LogP contribution in [0.25, 0.3) is 22.5 Å². The number of anilines is 1. The van der Waals surface area contributed by atoms with E-state index in [1.807, 2.05) is 42.5 Å². The Morgan fingerprint density at radius 2 is 1.43 bits per heavy atom. The van der Waals surface area contributed by atoms with Crippen LogP contribution in [0.4, 0.5) is 5.95 Å². The molecule has 0 unspecified atom stereocenters. The van der Waals surface area contributed by atoms with Gasteiger partial charge in [-0.2, -0.15) is 0 Å². The van der Waals surface area contributed by atoms with Gasteiger partial charge in [-0.1, -0.05) is 30.3 Å². The standard InChI is InChI=1S/C17H16N4O2/c1-22-13-8-12(9-14(10-13)23-2)16-15(19-17(18)21-20-16)11-6-4-3-5-7-11/h3-10H,1-2H3,(H2,18,19,21). The van der Waals surface area contributed by atoms with Gasteiger partial charge in [0.25, 0.3) is 0 Å². The summed E-state index contributed by atoms with van der Waals surface area (Å²) in [6.07, 6.45) is 0. The van der Waals surface area contributed by atoms with Crippen molar-refractivity contribution in [2.45, 2.75) is 0 Å². The molecule has 0 amide bonds. The summed E-state index contributed by atoms with van der Waals surface area (Å²) in [6.45, 7) is 0. The van der Waals surface area contributed by atoms with Gasteiger partial charge in [0.05, 0.1) is 14.2 Å². The van der Waals surface area contributed by atoms with Crippen molar-refractivity contribution in [2.24, 2.45) is 0 Å². The van der Waals surface area contributed by atoms with Crippen LogP contribution in [0.3, 0.4) is 0 Å². The fourth-order valence-electron chi connectivity index (χ4n) is 2.27. The van der Waals surface area contributed by atoms with Crippen molar-refractivity contribution in [2.75, 3.05) is 20.0 Å². The molecule has 0 saturated heterocycles. The second kappa shape index (κ2) is 6.31. The van der Waals surface area contributed by atoms with E-state index < -0.39 is 0 Å². The smallest absolute Gasteiger partial charge is 0.240 e. The summed E-state index contributed by atoms with van der Waals surface area (Å²) in [7, 11) is 3.20. The molecular formula is C17H16N4O2. The molecule has 0 aliphatic rings. The third kappa shape index (κ3) is 3.06. The molecule has 0 radical (unpaired) electrons. The highest BCUT2D eigenvalue weighted by atomic mass is 16.5.